The van der Waals surface area contributed by atoms with Crippen LogP contribution in [0.4, 0.5) is 5.69 Å². The van der Waals surface area contributed by atoms with Crippen LogP contribution in [0.1, 0.15) is 36.0 Å². The van der Waals surface area contributed by atoms with Gasteiger partial charge < -0.3 is 19.5 Å². The van der Waals surface area contributed by atoms with E-state index in [1.54, 1.807) is 7.11 Å². The molecule has 1 N–H and O–H groups in total. The van der Waals surface area contributed by atoms with E-state index in [0.717, 1.165) is 34.9 Å². The number of nitrogens with one attached hydrogen (secondary N) is 1. The summed E-state index contributed by atoms with van der Waals surface area (Å²) in [5, 5.41) is 4.24. The number of hydrogen-bond acceptors (Lipinski definition) is 3. The summed E-state index contributed by atoms with van der Waals surface area (Å²) in [6, 6.07) is 26.8. The Labute approximate surface area is 199 Å². The van der Waals surface area contributed by atoms with Crippen molar-refractivity contribution in [2.75, 3.05) is 12.0 Å². The van der Waals surface area contributed by atoms with Gasteiger partial charge in [-0.1, -0.05) is 31.2 Å². The number of hydrogen-bond donors (Lipinski definition) is 1. The number of benzene rings is 2. The fourth-order valence-electron chi connectivity index (χ4n) is 4.46. The lowest BCUT2D eigenvalue weighted by Crippen LogP contribution is -2.30. The summed E-state index contributed by atoms with van der Waals surface area (Å²) in [7, 11) is 1.69. The summed E-state index contributed by atoms with van der Waals surface area (Å²) < 4.78 is 7.67. The molecule has 3 heterocycles. The molecule has 2 aromatic heterocycles. The second-order valence-electron chi connectivity index (χ2n) is 8.02. The van der Waals surface area contributed by atoms with E-state index >= 15 is 0 Å². The second kappa shape index (κ2) is 9.08. The number of rotatable bonds is 6. The van der Waals surface area contributed by atoms with E-state index in [1.807, 2.05) is 36.5 Å². The predicted molar refractivity (Wildman–Crippen MR) is 136 cm³/mol. The molecule has 2 atom stereocenters. The first kappa shape index (κ1) is 21.2. The zero-order chi connectivity index (χ0) is 22.8. The van der Waals surface area contributed by atoms with Gasteiger partial charge in [0.05, 0.1) is 18.8 Å². The summed E-state index contributed by atoms with van der Waals surface area (Å²) >= 11 is 5.87. The maximum atomic E-state index is 5.87. The quantitative estimate of drug-likeness (QED) is 0.383. The Balaban J connectivity index is 1.64. The molecule has 0 unspecified atom stereocenters. The molecule has 0 spiro atoms. The fraction of sp³-hybridized carbons (Fsp3) is 0.185. The summed E-state index contributed by atoms with van der Waals surface area (Å²) in [6.07, 6.45) is 4.91. The largest absolute Gasteiger partial charge is 0.497 e. The van der Waals surface area contributed by atoms with E-state index < -0.39 is 0 Å². The van der Waals surface area contributed by atoms with Crippen LogP contribution in [0.25, 0.3) is 5.69 Å². The molecule has 2 aromatic carbocycles. The average Bonchev–Trinajstić information content (AvgIpc) is 3.49. The van der Waals surface area contributed by atoms with Gasteiger partial charge in [0.1, 0.15) is 11.8 Å². The molecular formula is C27H26N4OS. The van der Waals surface area contributed by atoms with Crippen LogP contribution in [0.15, 0.2) is 91.3 Å². The smallest absolute Gasteiger partial charge is 0.174 e. The molecule has 1 saturated heterocycles. The Hall–Kier alpha value is -3.64. The first-order chi connectivity index (χ1) is 16.2. The first-order valence-corrected chi connectivity index (χ1v) is 11.5. The highest BCUT2D eigenvalue weighted by molar-refractivity contribution is 7.80. The number of anilines is 1. The van der Waals surface area contributed by atoms with Gasteiger partial charge in [0.15, 0.2) is 5.11 Å². The Bertz CT molecular complexity index is 1250. The molecule has 33 heavy (non-hydrogen) atoms. The third-order valence-corrected chi connectivity index (χ3v) is 6.45. The van der Waals surface area contributed by atoms with E-state index in [2.05, 4.69) is 81.4 Å². The monoisotopic (exact) mass is 454 g/mol. The van der Waals surface area contributed by atoms with E-state index in [-0.39, 0.29) is 12.1 Å². The SMILES string of the molecule is CCc1ccc(N2C(=S)N[C@@H](c3ccccn3)[C@@H]2c2cccn2-c2cccc(OC)c2)cc1. The molecule has 1 fully saturated rings. The summed E-state index contributed by atoms with van der Waals surface area (Å²) in [5.74, 6) is 0.820. The van der Waals surface area contributed by atoms with Crippen molar-refractivity contribution in [3.8, 4) is 11.4 Å². The van der Waals surface area contributed by atoms with Gasteiger partial charge >= 0.3 is 0 Å². The molecule has 0 amide bonds. The van der Waals surface area contributed by atoms with Gasteiger partial charge in [0.2, 0.25) is 0 Å². The van der Waals surface area contributed by atoms with Crippen LogP contribution >= 0.6 is 12.2 Å². The zero-order valence-electron chi connectivity index (χ0n) is 18.7. The number of methoxy groups -OCH3 is 1. The Morgan fingerprint density at radius 3 is 2.55 bits per heavy atom. The fourth-order valence-corrected chi connectivity index (χ4v) is 4.80. The third-order valence-electron chi connectivity index (χ3n) is 6.14. The Kier molecular flexibility index (Phi) is 5.84. The van der Waals surface area contributed by atoms with Gasteiger partial charge in [0, 0.05) is 35.5 Å². The lowest BCUT2D eigenvalue weighted by Gasteiger charge is -2.29. The van der Waals surface area contributed by atoms with Crippen molar-refractivity contribution in [3.05, 3.63) is 108 Å². The molecule has 6 heteroatoms. The molecule has 1 aliphatic heterocycles. The van der Waals surface area contributed by atoms with Crippen LogP contribution in [0.2, 0.25) is 0 Å². The number of aromatic nitrogens is 2. The standard InChI is InChI=1S/C27H26N4OS/c1-3-19-12-14-20(15-13-19)31-26(25(29-27(31)33)23-10-4-5-16-28-23)24-11-7-17-30(24)21-8-6-9-22(18-21)32-2/h4-18,25-26H,3H2,1-2H3,(H,29,33)/t25-,26-/m0/s1. The van der Waals surface area contributed by atoms with Gasteiger partial charge in [-0.05, 0) is 72.7 Å². The number of thiocarbonyl (C=S) groups is 1. The van der Waals surface area contributed by atoms with E-state index in [4.69, 9.17) is 17.0 Å². The van der Waals surface area contributed by atoms with Crippen molar-refractivity contribution in [1.29, 1.82) is 0 Å². The first-order valence-electron chi connectivity index (χ1n) is 11.1. The molecule has 1 aliphatic rings. The maximum absolute atomic E-state index is 5.87. The molecule has 166 valence electrons. The zero-order valence-corrected chi connectivity index (χ0v) is 19.5. The molecular weight excluding hydrogens is 428 g/mol. The van der Waals surface area contributed by atoms with E-state index in [1.165, 1.54) is 5.56 Å². The van der Waals surface area contributed by atoms with Gasteiger partial charge in [-0.15, -0.1) is 0 Å². The lowest BCUT2D eigenvalue weighted by molar-refractivity contribution is 0.414. The minimum Gasteiger partial charge on any atom is -0.497 e. The van der Waals surface area contributed by atoms with Crippen LogP contribution in [-0.4, -0.2) is 21.8 Å². The number of ether oxygens (including phenoxy) is 1. The average molecular weight is 455 g/mol. The minimum atomic E-state index is -0.0937. The molecule has 5 rings (SSSR count). The van der Waals surface area contributed by atoms with Gasteiger partial charge in [-0.2, -0.15) is 0 Å². The summed E-state index contributed by atoms with van der Waals surface area (Å²) in [4.78, 5) is 6.87. The topological polar surface area (TPSA) is 42.3 Å². The predicted octanol–water partition coefficient (Wildman–Crippen LogP) is 5.62. The highest BCUT2D eigenvalue weighted by atomic mass is 32.1. The van der Waals surface area contributed by atoms with Crippen molar-refractivity contribution in [2.24, 2.45) is 0 Å². The van der Waals surface area contributed by atoms with Crippen molar-refractivity contribution in [2.45, 2.75) is 25.4 Å². The molecule has 0 saturated carbocycles. The highest BCUT2D eigenvalue weighted by Crippen LogP contribution is 2.42. The normalized spacial score (nSPS) is 17.8. The number of nitrogens with zero attached hydrogens (tertiary/aromatic N) is 3. The number of pyridine rings is 1. The van der Waals surface area contributed by atoms with Gasteiger partial charge in [-0.25, -0.2) is 0 Å². The van der Waals surface area contributed by atoms with Crippen LogP contribution < -0.4 is 15.0 Å². The van der Waals surface area contributed by atoms with Crippen LogP contribution in [-0.2, 0) is 6.42 Å². The van der Waals surface area contributed by atoms with E-state index in [9.17, 15) is 0 Å². The van der Waals surface area contributed by atoms with Crippen LogP contribution in [0.3, 0.4) is 0 Å². The Morgan fingerprint density at radius 1 is 0.970 bits per heavy atom. The van der Waals surface area contributed by atoms with Gasteiger partial charge in [0.25, 0.3) is 0 Å². The van der Waals surface area contributed by atoms with Crippen molar-refractivity contribution in [3.63, 3.8) is 0 Å². The van der Waals surface area contributed by atoms with Crippen LogP contribution in [0, 0.1) is 0 Å². The molecule has 5 nitrogen and oxygen atoms in total. The Morgan fingerprint density at radius 2 is 1.82 bits per heavy atom. The second-order valence-corrected chi connectivity index (χ2v) is 8.41. The molecule has 0 bridgehead atoms. The summed E-state index contributed by atoms with van der Waals surface area (Å²) in [5.41, 5.74) is 5.47. The maximum Gasteiger partial charge on any atom is 0.174 e. The minimum absolute atomic E-state index is 0.0823. The molecule has 0 radical (unpaired) electrons. The number of aryl methyl sites for hydroxylation is 1. The molecule has 4 aromatic rings. The van der Waals surface area contributed by atoms with Crippen molar-refractivity contribution < 1.29 is 4.74 Å². The molecule has 0 aliphatic carbocycles. The van der Waals surface area contributed by atoms with Crippen molar-refractivity contribution in [1.82, 2.24) is 14.9 Å². The lowest BCUT2D eigenvalue weighted by atomic mass is 10.0. The third kappa shape index (κ3) is 3.98. The van der Waals surface area contributed by atoms with Crippen molar-refractivity contribution >= 4 is 23.0 Å². The van der Waals surface area contributed by atoms with Crippen LogP contribution in [0.5, 0.6) is 5.75 Å². The highest BCUT2D eigenvalue weighted by Gasteiger charge is 2.42. The summed E-state index contributed by atoms with van der Waals surface area (Å²) in [6.45, 7) is 2.16. The van der Waals surface area contributed by atoms with E-state index in [0.29, 0.717) is 5.11 Å². The van der Waals surface area contributed by atoms with Gasteiger partial charge in [-0.3, -0.25) is 4.98 Å².